The third kappa shape index (κ3) is 5.09. The van der Waals surface area contributed by atoms with Crippen LogP contribution in [0.3, 0.4) is 0 Å². The number of nitrogens with zero attached hydrogens (tertiary/aromatic N) is 1. The van der Waals surface area contributed by atoms with Gasteiger partial charge in [-0.05, 0) is 30.5 Å². The molecule has 0 bridgehead atoms. The summed E-state index contributed by atoms with van der Waals surface area (Å²) in [5, 5.41) is 3.27. The van der Waals surface area contributed by atoms with Crippen molar-refractivity contribution in [3.05, 3.63) is 29.8 Å². The number of hydrogen-bond donors (Lipinski definition) is 1. The second-order valence-corrected chi connectivity index (χ2v) is 7.60. The molecule has 4 nitrogen and oxygen atoms in total. The summed E-state index contributed by atoms with van der Waals surface area (Å²) in [6.07, 6.45) is 2.00. The van der Waals surface area contributed by atoms with E-state index in [0.717, 1.165) is 24.9 Å². The molecule has 0 saturated heterocycles. The Kier molecular flexibility index (Phi) is 7.35. The molecule has 0 aliphatic carbocycles. The Labute approximate surface area is 129 Å². The molecular weight excluding hydrogens is 284 g/mol. The second-order valence-electron chi connectivity index (χ2n) is 5.58. The molecule has 1 atom stereocenters. The first-order valence-electron chi connectivity index (χ1n) is 7.68. The summed E-state index contributed by atoms with van der Waals surface area (Å²) in [7, 11) is -1.75. The van der Waals surface area contributed by atoms with Crippen molar-refractivity contribution in [1.29, 1.82) is 0 Å². The zero-order chi connectivity index (χ0) is 15.9. The monoisotopic (exact) mass is 312 g/mol. The molecule has 0 saturated carbocycles. The first-order valence-corrected chi connectivity index (χ1v) is 9.12. The van der Waals surface area contributed by atoms with Crippen LogP contribution in [0.4, 0.5) is 0 Å². The quantitative estimate of drug-likeness (QED) is 0.713. The van der Waals surface area contributed by atoms with Crippen molar-refractivity contribution in [2.24, 2.45) is 5.92 Å². The summed E-state index contributed by atoms with van der Waals surface area (Å²) >= 11 is 0. The SMILES string of the molecule is CCCNCc1ccccc1S(=O)(=O)N(C)CC(C)CC. The summed E-state index contributed by atoms with van der Waals surface area (Å²) < 4.78 is 26.9. The van der Waals surface area contributed by atoms with E-state index in [1.165, 1.54) is 4.31 Å². The van der Waals surface area contributed by atoms with Crippen molar-refractivity contribution >= 4 is 10.0 Å². The van der Waals surface area contributed by atoms with Gasteiger partial charge < -0.3 is 5.32 Å². The molecule has 0 fully saturated rings. The highest BCUT2D eigenvalue weighted by Crippen LogP contribution is 2.20. The second kappa shape index (κ2) is 8.51. The predicted octanol–water partition coefficient (Wildman–Crippen LogP) is 2.85. The third-order valence-electron chi connectivity index (χ3n) is 3.67. The molecule has 0 aliphatic heterocycles. The normalized spacial score (nSPS) is 13.6. The first-order chi connectivity index (χ1) is 9.93. The summed E-state index contributed by atoms with van der Waals surface area (Å²) in [4.78, 5) is 0.416. The van der Waals surface area contributed by atoms with Gasteiger partial charge in [-0.25, -0.2) is 12.7 Å². The van der Waals surface area contributed by atoms with Crippen LogP contribution in [-0.2, 0) is 16.6 Å². The fourth-order valence-electron chi connectivity index (χ4n) is 2.14. The lowest BCUT2D eigenvalue weighted by atomic mass is 10.1. The zero-order valence-electron chi connectivity index (χ0n) is 13.6. The van der Waals surface area contributed by atoms with Crippen LogP contribution in [0.15, 0.2) is 29.2 Å². The highest BCUT2D eigenvalue weighted by Gasteiger charge is 2.24. The number of benzene rings is 1. The molecular formula is C16H28N2O2S. The van der Waals surface area contributed by atoms with Crippen LogP contribution >= 0.6 is 0 Å². The lowest BCUT2D eigenvalue weighted by molar-refractivity contribution is 0.393. The fourth-order valence-corrected chi connectivity index (χ4v) is 3.64. The molecule has 1 N–H and O–H groups in total. The van der Waals surface area contributed by atoms with E-state index in [1.807, 2.05) is 12.1 Å². The van der Waals surface area contributed by atoms with Crippen molar-refractivity contribution in [3.63, 3.8) is 0 Å². The Morgan fingerprint density at radius 3 is 2.52 bits per heavy atom. The molecule has 0 radical (unpaired) electrons. The smallest absolute Gasteiger partial charge is 0.243 e. The van der Waals surface area contributed by atoms with Crippen LogP contribution < -0.4 is 5.32 Å². The molecule has 0 amide bonds. The molecule has 1 rings (SSSR count). The summed E-state index contributed by atoms with van der Waals surface area (Å²) in [6.45, 7) is 8.26. The minimum atomic E-state index is -3.42. The van der Waals surface area contributed by atoms with Crippen LogP contribution in [0.5, 0.6) is 0 Å². The van der Waals surface area contributed by atoms with Gasteiger partial charge in [-0.3, -0.25) is 0 Å². The average Bonchev–Trinajstić information content (AvgIpc) is 2.47. The summed E-state index contributed by atoms with van der Waals surface area (Å²) in [5.74, 6) is 0.357. The van der Waals surface area contributed by atoms with Gasteiger partial charge in [0.15, 0.2) is 0 Å². The molecule has 1 unspecified atom stereocenters. The maximum Gasteiger partial charge on any atom is 0.243 e. The van der Waals surface area contributed by atoms with Gasteiger partial charge in [-0.15, -0.1) is 0 Å². The summed E-state index contributed by atoms with van der Waals surface area (Å²) in [6, 6.07) is 7.25. The molecule has 1 aromatic rings. The maximum absolute atomic E-state index is 12.7. The number of nitrogens with one attached hydrogen (secondary N) is 1. The van der Waals surface area contributed by atoms with Gasteiger partial charge in [0.05, 0.1) is 4.90 Å². The van der Waals surface area contributed by atoms with E-state index in [1.54, 1.807) is 19.2 Å². The van der Waals surface area contributed by atoms with Gasteiger partial charge in [0, 0.05) is 20.1 Å². The lowest BCUT2D eigenvalue weighted by Gasteiger charge is -2.22. The fraction of sp³-hybridized carbons (Fsp3) is 0.625. The van der Waals surface area contributed by atoms with Gasteiger partial charge in [0.1, 0.15) is 0 Å². The van der Waals surface area contributed by atoms with Crippen LogP contribution in [0.2, 0.25) is 0 Å². The topological polar surface area (TPSA) is 49.4 Å². The van der Waals surface area contributed by atoms with E-state index in [4.69, 9.17) is 0 Å². The van der Waals surface area contributed by atoms with Crippen molar-refractivity contribution in [2.45, 2.75) is 45.1 Å². The molecule has 0 heterocycles. The van der Waals surface area contributed by atoms with Crippen LogP contribution in [0.1, 0.15) is 39.2 Å². The molecule has 21 heavy (non-hydrogen) atoms. The van der Waals surface area contributed by atoms with E-state index < -0.39 is 10.0 Å². The van der Waals surface area contributed by atoms with E-state index in [0.29, 0.717) is 23.9 Å². The number of sulfonamides is 1. The third-order valence-corrected chi connectivity index (χ3v) is 5.59. The summed E-state index contributed by atoms with van der Waals surface area (Å²) in [5.41, 5.74) is 0.835. The minimum absolute atomic E-state index is 0.357. The molecule has 1 aromatic carbocycles. The number of hydrogen-bond acceptors (Lipinski definition) is 3. The maximum atomic E-state index is 12.7. The Bertz CT molecular complexity index is 529. The Morgan fingerprint density at radius 2 is 1.90 bits per heavy atom. The Hall–Kier alpha value is -0.910. The van der Waals surface area contributed by atoms with E-state index in [-0.39, 0.29) is 0 Å². The van der Waals surface area contributed by atoms with E-state index >= 15 is 0 Å². The van der Waals surface area contributed by atoms with Crippen LogP contribution in [-0.4, -0.2) is 32.9 Å². The highest BCUT2D eigenvalue weighted by atomic mass is 32.2. The molecule has 5 heteroatoms. The largest absolute Gasteiger partial charge is 0.313 e. The molecule has 0 aliphatic rings. The van der Waals surface area contributed by atoms with Crippen LogP contribution in [0, 0.1) is 5.92 Å². The van der Waals surface area contributed by atoms with E-state index in [9.17, 15) is 8.42 Å². The lowest BCUT2D eigenvalue weighted by Crippen LogP contribution is -2.32. The molecule has 120 valence electrons. The van der Waals surface area contributed by atoms with Crippen LogP contribution in [0.25, 0.3) is 0 Å². The Balaban J connectivity index is 2.96. The minimum Gasteiger partial charge on any atom is -0.313 e. The van der Waals surface area contributed by atoms with Gasteiger partial charge >= 0.3 is 0 Å². The van der Waals surface area contributed by atoms with Gasteiger partial charge in [-0.2, -0.15) is 0 Å². The molecule has 0 spiro atoms. The zero-order valence-corrected chi connectivity index (χ0v) is 14.4. The van der Waals surface area contributed by atoms with Crippen molar-refractivity contribution in [1.82, 2.24) is 9.62 Å². The van der Waals surface area contributed by atoms with E-state index in [2.05, 4.69) is 26.1 Å². The van der Waals surface area contributed by atoms with Crippen molar-refractivity contribution in [3.8, 4) is 0 Å². The van der Waals surface area contributed by atoms with Gasteiger partial charge in [-0.1, -0.05) is 45.4 Å². The van der Waals surface area contributed by atoms with Crippen molar-refractivity contribution in [2.75, 3.05) is 20.1 Å². The molecule has 0 aromatic heterocycles. The van der Waals surface area contributed by atoms with Crippen molar-refractivity contribution < 1.29 is 8.42 Å². The average molecular weight is 312 g/mol. The van der Waals surface area contributed by atoms with Gasteiger partial charge in [0.2, 0.25) is 10.0 Å². The predicted molar refractivity (Wildman–Crippen MR) is 87.7 cm³/mol. The standard InChI is InChI=1S/C16H28N2O2S/c1-5-11-17-12-15-9-7-8-10-16(15)21(19,20)18(4)13-14(3)6-2/h7-10,14,17H,5-6,11-13H2,1-4H3. The Morgan fingerprint density at radius 1 is 1.24 bits per heavy atom. The highest BCUT2D eigenvalue weighted by molar-refractivity contribution is 7.89. The van der Waals surface area contributed by atoms with Gasteiger partial charge in [0.25, 0.3) is 0 Å². The first kappa shape index (κ1) is 18.1. The number of rotatable bonds is 9.